The predicted octanol–water partition coefficient (Wildman–Crippen LogP) is 3.97. The van der Waals surface area contributed by atoms with Crippen LogP contribution in [0.2, 0.25) is 0 Å². The number of rotatable bonds is 6. The van der Waals surface area contributed by atoms with Crippen LogP contribution in [0.3, 0.4) is 0 Å². The average Bonchev–Trinajstić information content (AvgIpc) is 3.48. The van der Waals surface area contributed by atoms with Crippen LogP contribution in [-0.4, -0.2) is 32.3 Å². The number of nitrogens with one attached hydrogen (secondary N) is 1. The van der Waals surface area contributed by atoms with Crippen molar-refractivity contribution in [2.45, 2.75) is 44.6 Å². The van der Waals surface area contributed by atoms with E-state index in [1.54, 1.807) is 36.2 Å². The van der Waals surface area contributed by atoms with E-state index >= 15 is 0 Å². The molecule has 1 aliphatic rings. The molecule has 0 radical (unpaired) electrons. The minimum Gasteiger partial charge on any atom is -0.339 e. The Morgan fingerprint density at radius 2 is 1.70 bits per heavy atom. The molecule has 0 aliphatic heterocycles. The summed E-state index contributed by atoms with van der Waals surface area (Å²) in [6, 6.07) is 11.7. The summed E-state index contributed by atoms with van der Waals surface area (Å²) in [4.78, 5) is 14.5. The Labute approximate surface area is 161 Å². The molecule has 1 aliphatic carbocycles. The molecule has 1 amide bonds. The van der Waals surface area contributed by atoms with Gasteiger partial charge in [0, 0.05) is 24.3 Å². The largest absolute Gasteiger partial charge is 0.339 e. The number of benzene rings is 2. The van der Waals surface area contributed by atoms with Crippen molar-refractivity contribution in [3.63, 3.8) is 0 Å². The first-order valence-electron chi connectivity index (χ1n) is 9.16. The summed E-state index contributed by atoms with van der Waals surface area (Å²) in [5.41, 5.74) is 3.14. The van der Waals surface area contributed by atoms with Crippen LogP contribution in [0.25, 0.3) is 0 Å². The molecule has 0 heterocycles. The summed E-state index contributed by atoms with van der Waals surface area (Å²) in [6.45, 7) is 5.97. The van der Waals surface area contributed by atoms with E-state index in [4.69, 9.17) is 0 Å². The molecule has 0 saturated heterocycles. The first kappa shape index (κ1) is 19.4. The van der Waals surface area contributed by atoms with Gasteiger partial charge in [-0.15, -0.1) is 0 Å². The second-order valence-corrected chi connectivity index (χ2v) is 9.11. The van der Waals surface area contributed by atoms with Gasteiger partial charge in [0.2, 0.25) is 0 Å². The number of hydrogen-bond donors (Lipinski definition) is 1. The fourth-order valence-electron chi connectivity index (χ4n) is 3.08. The Balaban J connectivity index is 1.75. The van der Waals surface area contributed by atoms with Crippen molar-refractivity contribution in [1.82, 2.24) is 4.90 Å². The summed E-state index contributed by atoms with van der Waals surface area (Å²) < 4.78 is 27.8. The second kappa shape index (κ2) is 7.35. The van der Waals surface area contributed by atoms with E-state index in [9.17, 15) is 13.2 Å². The van der Waals surface area contributed by atoms with E-state index in [0.717, 1.165) is 11.1 Å². The van der Waals surface area contributed by atoms with E-state index in [2.05, 4.69) is 11.6 Å². The van der Waals surface area contributed by atoms with Gasteiger partial charge in [-0.1, -0.05) is 6.07 Å². The van der Waals surface area contributed by atoms with E-state index in [1.165, 1.54) is 25.0 Å². The maximum absolute atomic E-state index is 12.6. The molecule has 0 spiro atoms. The molecular weight excluding hydrogens is 360 g/mol. The Hall–Kier alpha value is -2.34. The lowest BCUT2D eigenvalue weighted by Crippen LogP contribution is -2.36. The number of nitrogens with zero attached hydrogens (tertiary/aromatic N) is 1. The molecular formula is C21H26N2O3S. The van der Waals surface area contributed by atoms with Crippen molar-refractivity contribution in [1.29, 1.82) is 0 Å². The van der Waals surface area contributed by atoms with Gasteiger partial charge in [-0.05, 0) is 87.1 Å². The van der Waals surface area contributed by atoms with Crippen LogP contribution in [-0.2, 0) is 10.0 Å². The molecule has 0 bridgehead atoms. The maximum atomic E-state index is 12.6. The summed E-state index contributed by atoms with van der Waals surface area (Å²) in [5.74, 6) is 0.501. The highest BCUT2D eigenvalue weighted by molar-refractivity contribution is 7.92. The minimum absolute atomic E-state index is 0.0829. The zero-order valence-corrected chi connectivity index (χ0v) is 17.0. The number of hydrogen-bond acceptors (Lipinski definition) is 3. The Kier molecular flexibility index (Phi) is 5.29. The third kappa shape index (κ3) is 4.33. The first-order chi connectivity index (χ1) is 12.7. The highest BCUT2D eigenvalue weighted by Gasteiger charge is 2.32. The minimum atomic E-state index is -3.70. The van der Waals surface area contributed by atoms with Crippen LogP contribution in [0.5, 0.6) is 0 Å². The van der Waals surface area contributed by atoms with Gasteiger partial charge in [0.25, 0.3) is 15.9 Å². The number of carbonyl (C=O) groups excluding carboxylic acids is 1. The van der Waals surface area contributed by atoms with Gasteiger partial charge in [-0.25, -0.2) is 8.42 Å². The van der Waals surface area contributed by atoms with E-state index < -0.39 is 10.0 Å². The van der Waals surface area contributed by atoms with Crippen LogP contribution in [0, 0.1) is 19.8 Å². The molecule has 0 aromatic heterocycles. The lowest BCUT2D eigenvalue weighted by molar-refractivity contribution is 0.0727. The number of amides is 1. The van der Waals surface area contributed by atoms with Gasteiger partial charge >= 0.3 is 0 Å². The quantitative estimate of drug-likeness (QED) is 0.817. The van der Waals surface area contributed by atoms with Gasteiger partial charge < -0.3 is 4.90 Å². The summed E-state index contributed by atoms with van der Waals surface area (Å²) in [6.07, 6.45) is 2.33. The molecule has 1 unspecified atom stereocenters. The van der Waals surface area contributed by atoms with Crippen molar-refractivity contribution >= 4 is 21.6 Å². The lowest BCUT2D eigenvalue weighted by Gasteiger charge is -2.25. The van der Waals surface area contributed by atoms with Crippen LogP contribution < -0.4 is 4.72 Å². The molecule has 1 N–H and O–H groups in total. The zero-order valence-electron chi connectivity index (χ0n) is 16.2. The van der Waals surface area contributed by atoms with E-state index in [1.807, 2.05) is 19.9 Å². The maximum Gasteiger partial charge on any atom is 0.261 e. The summed E-state index contributed by atoms with van der Waals surface area (Å²) in [7, 11) is -1.90. The Bertz CT molecular complexity index is 948. The third-order valence-electron chi connectivity index (χ3n) is 5.41. The molecule has 6 heteroatoms. The van der Waals surface area contributed by atoms with E-state index in [0.29, 0.717) is 17.2 Å². The topological polar surface area (TPSA) is 66.5 Å². The van der Waals surface area contributed by atoms with Crippen molar-refractivity contribution in [3.8, 4) is 0 Å². The number of sulfonamides is 1. The lowest BCUT2D eigenvalue weighted by atomic mass is 10.1. The van der Waals surface area contributed by atoms with Crippen LogP contribution in [0.15, 0.2) is 47.4 Å². The second-order valence-electron chi connectivity index (χ2n) is 7.42. The molecule has 2 aromatic rings. The SMILES string of the molecule is Cc1ccc(NS(=O)(=O)c2ccc(C(=O)N(C)C(C)C3CC3)cc2)cc1C. The molecule has 144 valence electrons. The molecule has 3 rings (SSSR count). The molecule has 27 heavy (non-hydrogen) atoms. The highest BCUT2D eigenvalue weighted by atomic mass is 32.2. The van der Waals surface area contributed by atoms with Gasteiger partial charge in [0.15, 0.2) is 0 Å². The fourth-order valence-corrected chi connectivity index (χ4v) is 4.13. The van der Waals surface area contributed by atoms with Crippen molar-refractivity contribution in [3.05, 3.63) is 59.2 Å². The standard InChI is InChI=1S/C21H26N2O3S/c1-14-5-10-19(13-15(14)2)22-27(25,26)20-11-8-18(9-12-20)21(24)23(4)16(3)17-6-7-17/h5,8-13,16-17,22H,6-7H2,1-4H3. The zero-order chi connectivity index (χ0) is 19.8. The van der Waals surface area contributed by atoms with E-state index in [-0.39, 0.29) is 16.8 Å². The predicted molar refractivity (Wildman–Crippen MR) is 107 cm³/mol. The van der Waals surface area contributed by atoms with Crippen molar-refractivity contribution in [2.75, 3.05) is 11.8 Å². The van der Waals surface area contributed by atoms with Gasteiger partial charge in [0.1, 0.15) is 0 Å². The molecule has 1 saturated carbocycles. The van der Waals surface area contributed by atoms with Crippen LogP contribution in [0.4, 0.5) is 5.69 Å². The van der Waals surface area contributed by atoms with Gasteiger partial charge in [-0.2, -0.15) is 0 Å². The fraction of sp³-hybridized carbons (Fsp3) is 0.381. The van der Waals surface area contributed by atoms with Gasteiger partial charge in [0.05, 0.1) is 4.90 Å². The summed E-state index contributed by atoms with van der Waals surface area (Å²) >= 11 is 0. The smallest absolute Gasteiger partial charge is 0.261 e. The summed E-state index contributed by atoms with van der Waals surface area (Å²) in [5, 5.41) is 0. The third-order valence-corrected chi connectivity index (χ3v) is 6.80. The van der Waals surface area contributed by atoms with Crippen molar-refractivity contribution < 1.29 is 13.2 Å². The highest BCUT2D eigenvalue weighted by Crippen LogP contribution is 2.35. The number of anilines is 1. The normalized spacial score (nSPS) is 15.3. The first-order valence-corrected chi connectivity index (χ1v) is 10.6. The molecule has 1 atom stereocenters. The Morgan fingerprint density at radius 1 is 1.07 bits per heavy atom. The Morgan fingerprint density at radius 3 is 2.26 bits per heavy atom. The monoisotopic (exact) mass is 386 g/mol. The van der Waals surface area contributed by atoms with Crippen LogP contribution >= 0.6 is 0 Å². The molecule has 2 aromatic carbocycles. The molecule has 5 nitrogen and oxygen atoms in total. The van der Waals surface area contributed by atoms with Crippen molar-refractivity contribution in [2.24, 2.45) is 5.92 Å². The van der Waals surface area contributed by atoms with Crippen LogP contribution in [0.1, 0.15) is 41.3 Å². The number of aryl methyl sites for hydroxylation is 2. The average molecular weight is 387 g/mol. The van der Waals surface area contributed by atoms with Gasteiger partial charge in [-0.3, -0.25) is 9.52 Å². The number of carbonyl (C=O) groups is 1. The molecule has 1 fully saturated rings.